The number of carbonyl (C=O) groups is 2. The highest BCUT2D eigenvalue weighted by Gasteiger charge is 2.21. The molecule has 0 bridgehead atoms. The van der Waals surface area contributed by atoms with E-state index in [0.717, 1.165) is 57.8 Å². The molecule has 0 aromatic heterocycles. The number of hydrogen-bond acceptors (Lipinski definition) is 8. The van der Waals surface area contributed by atoms with Crippen molar-refractivity contribution in [3.05, 3.63) is 12.2 Å². The van der Waals surface area contributed by atoms with Crippen molar-refractivity contribution in [2.24, 2.45) is 0 Å². The second kappa shape index (κ2) is 29.9. The third-order valence-corrected chi connectivity index (χ3v) is 8.75. The number of esters is 2. The molecule has 1 unspecified atom stereocenters. The molecule has 0 fully saturated rings. The number of nitrogens with zero attached hydrogens (tertiary/aromatic N) is 1. The largest absolute Gasteiger partial charge is 0.756 e. The number of ether oxygens (including phenoxy) is 2. The van der Waals surface area contributed by atoms with Gasteiger partial charge < -0.3 is 27.9 Å². The fourth-order valence-electron chi connectivity index (χ4n) is 4.82. The Kier molecular flexibility index (Phi) is 29.0. The minimum Gasteiger partial charge on any atom is -0.756 e. The van der Waals surface area contributed by atoms with Gasteiger partial charge in [0.1, 0.15) is 19.8 Å². The van der Waals surface area contributed by atoms with Crippen LogP contribution in [0.1, 0.15) is 155 Å². The van der Waals surface area contributed by atoms with Crippen molar-refractivity contribution in [1.82, 2.24) is 0 Å². The smallest absolute Gasteiger partial charge is 0.306 e. The van der Waals surface area contributed by atoms with E-state index in [-0.39, 0.29) is 26.1 Å². The second-order valence-corrected chi connectivity index (χ2v) is 15.0. The molecular formula is C36H70NO8P. The lowest BCUT2D eigenvalue weighted by Gasteiger charge is -2.28. The van der Waals surface area contributed by atoms with E-state index >= 15 is 0 Å². The third-order valence-electron chi connectivity index (χ3n) is 7.79. The normalized spacial score (nSPS) is 14.0. The Bertz CT molecular complexity index is 814. The minimum atomic E-state index is -4.61. The molecule has 0 aromatic carbocycles. The van der Waals surface area contributed by atoms with Gasteiger partial charge in [0.05, 0.1) is 27.7 Å². The summed E-state index contributed by atoms with van der Waals surface area (Å²) in [7, 11) is 1.16. The van der Waals surface area contributed by atoms with Crippen LogP contribution in [-0.2, 0) is 32.7 Å². The highest BCUT2D eigenvalue weighted by atomic mass is 31.2. The summed E-state index contributed by atoms with van der Waals surface area (Å²) in [5, 5.41) is 0. The predicted octanol–water partition coefficient (Wildman–Crippen LogP) is 8.83. The predicted molar refractivity (Wildman–Crippen MR) is 185 cm³/mol. The standard InChI is InChI=1S/C36H70NO8P/c1-6-8-10-12-14-16-17-18-19-20-21-23-24-26-28-35(38)42-32-34(33-44-46(40,41)43-31-30-37(3,4)5)45-36(39)29-27-25-22-15-13-11-9-7-2/h17-18,34H,6-16,19-33H2,1-5H3/b18-17+/t34-/m0/s1. The molecule has 2 atom stereocenters. The minimum absolute atomic E-state index is 0.0297. The summed E-state index contributed by atoms with van der Waals surface area (Å²) in [6.07, 6.45) is 26.8. The Balaban J connectivity index is 4.41. The van der Waals surface area contributed by atoms with Gasteiger partial charge in [0, 0.05) is 12.8 Å². The first kappa shape index (κ1) is 44.8. The topological polar surface area (TPSA) is 111 Å². The molecule has 0 radical (unpaired) electrons. The Morgan fingerprint density at radius 1 is 0.652 bits per heavy atom. The van der Waals surface area contributed by atoms with E-state index in [2.05, 4.69) is 26.0 Å². The van der Waals surface area contributed by atoms with Crippen molar-refractivity contribution < 1.29 is 42.1 Å². The average Bonchev–Trinajstić information content (AvgIpc) is 2.99. The Hall–Kier alpha value is -1.25. The first-order chi connectivity index (χ1) is 22.0. The quantitative estimate of drug-likeness (QED) is 0.0223. The monoisotopic (exact) mass is 675 g/mol. The Morgan fingerprint density at radius 3 is 1.61 bits per heavy atom. The highest BCUT2D eigenvalue weighted by molar-refractivity contribution is 7.45. The number of carbonyl (C=O) groups excluding carboxylic acids is 2. The molecule has 0 saturated heterocycles. The third kappa shape index (κ3) is 32.7. The van der Waals surface area contributed by atoms with Crippen LogP contribution >= 0.6 is 7.82 Å². The van der Waals surface area contributed by atoms with Crippen molar-refractivity contribution in [2.45, 2.75) is 161 Å². The Morgan fingerprint density at radius 2 is 1.11 bits per heavy atom. The van der Waals surface area contributed by atoms with Crippen LogP contribution in [0.25, 0.3) is 0 Å². The summed E-state index contributed by atoms with van der Waals surface area (Å²) in [4.78, 5) is 37.1. The number of likely N-dealkylation sites (N-methyl/N-ethyl adjacent to an activating group) is 1. The summed E-state index contributed by atoms with van der Waals surface area (Å²) >= 11 is 0. The highest BCUT2D eigenvalue weighted by Crippen LogP contribution is 2.38. The summed E-state index contributed by atoms with van der Waals surface area (Å²) in [5.74, 6) is -0.848. The van der Waals surface area contributed by atoms with Gasteiger partial charge in [0.15, 0.2) is 6.10 Å². The zero-order valence-electron chi connectivity index (χ0n) is 30.3. The fraction of sp³-hybridized carbons (Fsp3) is 0.889. The number of phosphoric acid groups is 1. The van der Waals surface area contributed by atoms with Gasteiger partial charge in [0.25, 0.3) is 7.82 Å². The number of phosphoric ester groups is 1. The molecule has 272 valence electrons. The van der Waals surface area contributed by atoms with Crippen LogP contribution in [0.5, 0.6) is 0 Å². The maximum absolute atomic E-state index is 12.5. The van der Waals surface area contributed by atoms with E-state index in [9.17, 15) is 19.0 Å². The van der Waals surface area contributed by atoms with Crippen LogP contribution in [0.3, 0.4) is 0 Å². The number of unbranched alkanes of at least 4 members (excludes halogenated alkanes) is 17. The number of hydrogen-bond donors (Lipinski definition) is 0. The molecule has 9 nitrogen and oxygen atoms in total. The lowest BCUT2D eigenvalue weighted by molar-refractivity contribution is -0.870. The van der Waals surface area contributed by atoms with Gasteiger partial charge in [0.2, 0.25) is 0 Å². The molecular weight excluding hydrogens is 605 g/mol. The second-order valence-electron chi connectivity index (χ2n) is 13.6. The van der Waals surface area contributed by atoms with E-state index in [1.807, 2.05) is 21.1 Å². The van der Waals surface area contributed by atoms with Crippen LogP contribution in [0.2, 0.25) is 0 Å². The molecule has 0 aliphatic carbocycles. The molecule has 10 heteroatoms. The van der Waals surface area contributed by atoms with Crippen LogP contribution in [0.4, 0.5) is 0 Å². The average molecular weight is 676 g/mol. The maximum Gasteiger partial charge on any atom is 0.306 e. The first-order valence-electron chi connectivity index (χ1n) is 18.4. The van der Waals surface area contributed by atoms with E-state index in [1.165, 1.54) is 64.2 Å². The molecule has 0 amide bonds. The number of quaternary nitrogens is 1. The summed E-state index contributed by atoms with van der Waals surface area (Å²) < 4.78 is 33.6. The number of rotatable bonds is 33. The molecule has 0 spiro atoms. The van der Waals surface area contributed by atoms with E-state index in [4.69, 9.17) is 18.5 Å². The summed E-state index contributed by atoms with van der Waals surface area (Å²) in [6, 6.07) is 0. The van der Waals surface area contributed by atoms with Crippen LogP contribution in [0.15, 0.2) is 12.2 Å². The lowest BCUT2D eigenvalue weighted by atomic mass is 10.1. The zero-order valence-corrected chi connectivity index (χ0v) is 31.2. The zero-order chi connectivity index (χ0) is 34.4. The van der Waals surface area contributed by atoms with E-state index < -0.39 is 32.5 Å². The first-order valence-corrected chi connectivity index (χ1v) is 19.9. The van der Waals surface area contributed by atoms with Gasteiger partial charge >= 0.3 is 11.9 Å². The Labute approximate surface area is 282 Å². The summed E-state index contributed by atoms with van der Waals surface area (Å²) in [5.41, 5.74) is 0. The van der Waals surface area contributed by atoms with Crippen LogP contribution in [-0.4, -0.2) is 70.0 Å². The fourth-order valence-corrected chi connectivity index (χ4v) is 5.55. The molecule has 0 rings (SSSR count). The van der Waals surface area contributed by atoms with Gasteiger partial charge in [-0.25, -0.2) is 0 Å². The van der Waals surface area contributed by atoms with Gasteiger partial charge in [-0.2, -0.15) is 0 Å². The summed E-state index contributed by atoms with van der Waals surface area (Å²) in [6.45, 7) is 4.15. The molecule has 0 saturated carbocycles. The van der Waals surface area contributed by atoms with Crippen molar-refractivity contribution >= 4 is 19.8 Å². The molecule has 0 aliphatic heterocycles. The van der Waals surface area contributed by atoms with Crippen molar-refractivity contribution in [3.63, 3.8) is 0 Å². The molecule has 46 heavy (non-hydrogen) atoms. The van der Waals surface area contributed by atoms with E-state index in [1.54, 1.807) is 0 Å². The van der Waals surface area contributed by atoms with Crippen LogP contribution < -0.4 is 4.89 Å². The van der Waals surface area contributed by atoms with Gasteiger partial charge in [-0.05, 0) is 38.5 Å². The molecule has 0 N–H and O–H groups in total. The molecule has 0 heterocycles. The molecule has 0 aliphatic rings. The van der Waals surface area contributed by atoms with E-state index in [0.29, 0.717) is 17.4 Å². The van der Waals surface area contributed by atoms with Crippen molar-refractivity contribution in [3.8, 4) is 0 Å². The van der Waals surface area contributed by atoms with Crippen LogP contribution in [0, 0.1) is 0 Å². The van der Waals surface area contributed by atoms with Gasteiger partial charge in [-0.1, -0.05) is 116 Å². The molecule has 0 aromatic rings. The van der Waals surface area contributed by atoms with Crippen molar-refractivity contribution in [2.75, 3.05) is 47.5 Å². The maximum atomic E-state index is 12.5. The SMILES string of the molecule is CCCCCCC/C=C/CCCCCCCC(=O)OC[C@@H](COP(=O)([O-])OCC[N+](C)(C)C)OC(=O)CCCCCCCCCC. The van der Waals surface area contributed by atoms with Crippen molar-refractivity contribution in [1.29, 1.82) is 0 Å². The van der Waals surface area contributed by atoms with Gasteiger partial charge in [-0.3, -0.25) is 14.2 Å². The number of allylic oxidation sites excluding steroid dienone is 2. The van der Waals surface area contributed by atoms with Gasteiger partial charge in [-0.15, -0.1) is 0 Å². The lowest BCUT2D eigenvalue weighted by Crippen LogP contribution is -2.37.